The summed E-state index contributed by atoms with van der Waals surface area (Å²) in [7, 11) is 1.66. The van der Waals surface area contributed by atoms with Crippen LogP contribution in [0.2, 0.25) is 0 Å². The van der Waals surface area contributed by atoms with Crippen molar-refractivity contribution < 1.29 is 9.66 Å². The first-order valence-corrected chi connectivity index (χ1v) is 7.59. The fourth-order valence-electron chi connectivity index (χ4n) is 1.93. The molecule has 6 heteroatoms. The molecule has 2 aromatic carbocycles. The SMILES string of the molecule is CNc1cc(COc2ccccc2SC)ccc1[N+](=O)[O-]. The van der Waals surface area contributed by atoms with Crippen molar-refractivity contribution in [2.45, 2.75) is 11.5 Å². The highest BCUT2D eigenvalue weighted by Crippen LogP contribution is 2.29. The molecule has 2 rings (SSSR count). The zero-order valence-electron chi connectivity index (χ0n) is 11.8. The van der Waals surface area contributed by atoms with E-state index in [9.17, 15) is 10.1 Å². The van der Waals surface area contributed by atoms with Crippen LogP contribution in [0.4, 0.5) is 11.4 Å². The number of benzene rings is 2. The van der Waals surface area contributed by atoms with Crippen LogP contribution in [0.15, 0.2) is 47.4 Å². The number of hydrogen-bond donors (Lipinski definition) is 1. The molecule has 0 fully saturated rings. The van der Waals surface area contributed by atoms with Crippen LogP contribution in [-0.4, -0.2) is 18.2 Å². The second-order valence-corrected chi connectivity index (χ2v) is 5.15. The minimum Gasteiger partial charge on any atom is -0.488 e. The monoisotopic (exact) mass is 304 g/mol. The van der Waals surface area contributed by atoms with Gasteiger partial charge in [-0.05, 0) is 36.1 Å². The van der Waals surface area contributed by atoms with Gasteiger partial charge in [0.25, 0.3) is 5.69 Å². The molecule has 0 saturated heterocycles. The molecule has 0 saturated carbocycles. The van der Waals surface area contributed by atoms with Gasteiger partial charge >= 0.3 is 0 Å². The van der Waals surface area contributed by atoms with Gasteiger partial charge in [0.2, 0.25) is 0 Å². The molecule has 0 radical (unpaired) electrons. The van der Waals surface area contributed by atoms with Crippen LogP contribution in [0.1, 0.15) is 5.56 Å². The first-order chi connectivity index (χ1) is 10.2. The minimum atomic E-state index is -0.403. The van der Waals surface area contributed by atoms with Gasteiger partial charge in [-0.1, -0.05) is 12.1 Å². The van der Waals surface area contributed by atoms with Crippen molar-refractivity contribution in [1.82, 2.24) is 0 Å². The third kappa shape index (κ3) is 3.66. The summed E-state index contributed by atoms with van der Waals surface area (Å²) >= 11 is 1.62. The summed E-state index contributed by atoms with van der Waals surface area (Å²) in [6.45, 7) is 0.365. The third-order valence-corrected chi connectivity index (χ3v) is 3.77. The lowest BCUT2D eigenvalue weighted by atomic mass is 10.2. The largest absolute Gasteiger partial charge is 0.488 e. The van der Waals surface area contributed by atoms with E-state index in [1.165, 1.54) is 6.07 Å². The lowest BCUT2D eigenvalue weighted by molar-refractivity contribution is -0.384. The van der Waals surface area contributed by atoms with E-state index >= 15 is 0 Å². The molecule has 0 bridgehead atoms. The van der Waals surface area contributed by atoms with Gasteiger partial charge in [0.15, 0.2) is 0 Å². The second kappa shape index (κ2) is 6.99. The number of ether oxygens (including phenoxy) is 1. The number of thioether (sulfide) groups is 1. The summed E-state index contributed by atoms with van der Waals surface area (Å²) in [5, 5.41) is 13.7. The summed E-state index contributed by atoms with van der Waals surface area (Å²) in [6, 6.07) is 12.7. The van der Waals surface area contributed by atoms with Crippen molar-refractivity contribution >= 4 is 23.1 Å². The lowest BCUT2D eigenvalue weighted by Gasteiger charge is -2.11. The van der Waals surface area contributed by atoms with Gasteiger partial charge in [-0.25, -0.2) is 0 Å². The highest BCUT2D eigenvalue weighted by Gasteiger charge is 2.13. The number of rotatable bonds is 6. The van der Waals surface area contributed by atoms with E-state index in [-0.39, 0.29) is 5.69 Å². The van der Waals surface area contributed by atoms with Gasteiger partial charge in [-0.3, -0.25) is 10.1 Å². The van der Waals surface area contributed by atoms with E-state index < -0.39 is 4.92 Å². The number of nitrogens with one attached hydrogen (secondary N) is 1. The van der Waals surface area contributed by atoms with E-state index in [1.807, 2.05) is 30.5 Å². The number of anilines is 1. The molecular formula is C15H16N2O3S. The Morgan fingerprint density at radius 2 is 2.05 bits per heavy atom. The van der Waals surface area contributed by atoms with Crippen LogP contribution in [-0.2, 0) is 6.61 Å². The third-order valence-electron chi connectivity index (χ3n) is 2.99. The molecule has 0 spiro atoms. The Morgan fingerprint density at radius 3 is 2.71 bits per heavy atom. The van der Waals surface area contributed by atoms with Gasteiger partial charge in [-0.15, -0.1) is 11.8 Å². The second-order valence-electron chi connectivity index (χ2n) is 4.30. The Labute approximate surface area is 127 Å². The van der Waals surface area contributed by atoms with Crippen LogP contribution < -0.4 is 10.1 Å². The quantitative estimate of drug-likeness (QED) is 0.497. The average molecular weight is 304 g/mol. The molecule has 0 aromatic heterocycles. The summed E-state index contributed by atoms with van der Waals surface area (Å²) in [6.07, 6.45) is 1.99. The Morgan fingerprint density at radius 1 is 1.29 bits per heavy atom. The number of nitrogens with zero attached hydrogens (tertiary/aromatic N) is 1. The van der Waals surface area contributed by atoms with Crippen molar-refractivity contribution in [3.63, 3.8) is 0 Å². The van der Waals surface area contributed by atoms with E-state index in [0.29, 0.717) is 12.3 Å². The molecule has 0 atom stereocenters. The fraction of sp³-hybridized carbons (Fsp3) is 0.200. The molecule has 0 aliphatic rings. The molecular weight excluding hydrogens is 288 g/mol. The smallest absolute Gasteiger partial charge is 0.292 e. The maximum Gasteiger partial charge on any atom is 0.292 e. The normalized spacial score (nSPS) is 10.2. The van der Waals surface area contributed by atoms with Crippen molar-refractivity contribution in [3.8, 4) is 5.75 Å². The maximum absolute atomic E-state index is 10.9. The predicted octanol–water partition coefficient (Wildman–Crippen LogP) is 3.94. The van der Waals surface area contributed by atoms with E-state index in [2.05, 4.69) is 5.32 Å². The van der Waals surface area contributed by atoms with Gasteiger partial charge in [0.05, 0.1) is 4.92 Å². The Kier molecular flexibility index (Phi) is 5.05. The molecule has 5 nitrogen and oxygen atoms in total. The molecule has 1 N–H and O–H groups in total. The van der Waals surface area contributed by atoms with Crippen LogP contribution in [0.25, 0.3) is 0 Å². The Balaban J connectivity index is 2.15. The number of hydrogen-bond acceptors (Lipinski definition) is 5. The number of nitro groups is 1. The fourth-order valence-corrected chi connectivity index (χ4v) is 2.47. The summed E-state index contributed by atoms with van der Waals surface area (Å²) < 4.78 is 5.80. The predicted molar refractivity (Wildman–Crippen MR) is 85.2 cm³/mol. The lowest BCUT2D eigenvalue weighted by Crippen LogP contribution is -2.01. The minimum absolute atomic E-state index is 0.0609. The summed E-state index contributed by atoms with van der Waals surface area (Å²) in [5.41, 5.74) is 1.42. The molecule has 0 aliphatic heterocycles. The van der Waals surface area contributed by atoms with E-state index in [4.69, 9.17) is 4.74 Å². The summed E-state index contributed by atoms with van der Waals surface area (Å²) in [5.74, 6) is 0.814. The molecule has 21 heavy (non-hydrogen) atoms. The zero-order chi connectivity index (χ0) is 15.2. The Hall–Kier alpha value is -2.21. The standard InChI is InChI=1S/C15H16N2O3S/c1-16-12-9-11(7-8-13(12)17(18)19)10-20-14-5-3-4-6-15(14)21-2/h3-9,16H,10H2,1-2H3. The molecule has 0 unspecified atom stereocenters. The molecule has 0 heterocycles. The topological polar surface area (TPSA) is 64.4 Å². The van der Waals surface area contributed by atoms with E-state index in [1.54, 1.807) is 30.9 Å². The number of nitro benzene ring substituents is 1. The molecule has 110 valence electrons. The maximum atomic E-state index is 10.9. The first-order valence-electron chi connectivity index (χ1n) is 6.36. The van der Waals surface area contributed by atoms with Crippen LogP contribution in [0, 0.1) is 10.1 Å². The van der Waals surface area contributed by atoms with Crippen molar-refractivity contribution in [1.29, 1.82) is 0 Å². The molecule has 2 aromatic rings. The van der Waals surface area contributed by atoms with E-state index in [0.717, 1.165) is 16.2 Å². The van der Waals surface area contributed by atoms with Crippen LogP contribution in [0.3, 0.4) is 0 Å². The Bertz CT molecular complexity index is 647. The first kappa shape index (κ1) is 15.2. The summed E-state index contributed by atoms with van der Waals surface area (Å²) in [4.78, 5) is 11.5. The average Bonchev–Trinajstić information content (AvgIpc) is 2.52. The zero-order valence-corrected chi connectivity index (χ0v) is 12.6. The van der Waals surface area contributed by atoms with Gasteiger partial charge in [-0.2, -0.15) is 0 Å². The highest BCUT2D eigenvalue weighted by atomic mass is 32.2. The van der Waals surface area contributed by atoms with Crippen LogP contribution >= 0.6 is 11.8 Å². The highest BCUT2D eigenvalue weighted by molar-refractivity contribution is 7.98. The van der Waals surface area contributed by atoms with Crippen molar-refractivity contribution in [2.75, 3.05) is 18.6 Å². The van der Waals surface area contributed by atoms with Gasteiger partial charge in [0, 0.05) is 18.0 Å². The number of para-hydroxylation sites is 1. The van der Waals surface area contributed by atoms with Crippen molar-refractivity contribution in [2.24, 2.45) is 0 Å². The van der Waals surface area contributed by atoms with Crippen molar-refractivity contribution in [3.05, 3.63) is 58.1 Å². The molecule has 0 amide bonds. The molecule has 0 aliphatic carbocycles. The van der Waals surface area contributed by atoms with Gasteiger partial charge < -0.3 is 10.1 Å². The van der Waals surface area contributed by atoms with Crippen LogP contribution in [0.5, 0.6) is 5.75 Å². The van der Waals surface area contributed by atoms with Gasteiger partial charge in [0.1, 0.15) is 18.0 Å².